The summed E-state index contributed by atoms with van der Waals surface area (Å²) in [5.41, 5.74) is 4.32. The lowest BCUT2D eigenvalue weighted by Crippen LogP contribution is -2.46. The molecular weight excluding hydrogens is 364 g/mol. The summed E-state index contributed by atoms with van der Waals surface area (Å²) in [6.45, 7) is 9.28. The molecule has 150 valence electrons. The van der Waals surface area contributed by atoms with E-state index in [0.717, 1.165) is 72.6 Å². The number of methoxy groups -OCH3 is 1. The standard InChI is InChI=1S/C23H26N4O2/c1-4-26-9-11-27(12-10-26)21-8-6-18(14-22(21)29-3)23-19-13-17(15-28)5-7-20(19)24-16(2)25-23/h5-8,13-15H,4,9-12H2,1-3H3. The average Bonchev–Trinajstić information content (AvgIpc) is 2.77. The van der Waals surface area contributed by atoms with Crippen molar-refractivity contribution in [2.24, 2.45) is 0 Å². The maximum Gasteiger partial charge on any atom is 0.150 e. The molecule has 3 aromatic rings. The molecule has 1 aromatic heterocycles. The number of anilines is 1. The summed E-state index contributed by atoms with van der Waals surface area (Å²) < 4.78 is 5.75. The van der Waals surface area contributed by atoms with Crippen molar-refractivity contribution in [3.8, 4) is 17.0 Å². The fourth-order valence-corrected chi connectivity index (χ4v) is 3.95. The number of hydrogen-bond donors (Lipinski definition) is 0. The van der Waals surface area contributed by atoms with Crippen LogP contribution in [0, 0.1) is 6.92 Å². The van der Waals surface area contributed by atoms with Crippen LogP contribution in [-0.4, -0.2) is 61.0 Å². The summed E-state index contributed by atoms with van der Waals surface area (Å²) in [6.07, 6.45) is 0.850. The molecule has 29 heavy (non-hydrogen) atoms. The van der Waals surface area contributed by atoms with Gasteiger partial charge in [0, 0.05) is 42.7 Å². The first-order valence-electron chi connectivity index (χ1n) is 10.0. The molecule has 0 aliphatic carbocycles. The van der Waals surface area contributed by atoms with Gasteiger partial charge in [-0.05, 0) is 43.8 Å². The molecule has 4 rings (SSSR count). The molecule has 6 heteroatoms. The van der Waals surface area contributed by atoms with Crippen LogP contribution in [0.25, 0.3) is 22.2 Å². The van der Waals surface area contributed by atoms with Crippen molar-refractivity contribution < 1.29 is 9.53 Å². The third kappa shape index (κ3) is 3.80. The number of carbonyl (C=O) groups excluding carboxylic acids is 1. The van der Waals surface area contributed by atoms with E-state index in [2.05, 4.69) is 38.8 Å². The van der Waals surface area contributed by atoms with E-state index in [4.69, 9.17) is 4.74 Å². The van der Waals surface area contributed by atoms with Gasteiger partial charge in [-0.2, -0.15) is 0 Å². The van der Waals surface area contributed by atoms with Gasteiger partial charge in [-0.15, -0.1) is 0 Å². The number of hydrogen-bond acceptors (Lipinski definition) is 6. The second kappa shape index (κ2) is 8.17. The number of aldehydes is 1. The van der Waals surface area contributed by atoms with E-state index in [9.17, 15) is 4.79 Å². The number of aryl methyl sites for hydroxylation is 1. The lowest BCUT2D eigenvalue weighted by molar-refractivity contribution is 0.112. The Kier molecular flexibility index (Phi) is 5.45. The van der Waals surface area contributed by atoms with Gasteiger partial charge in [0.2, 0.25) is 0 Å². The summed E-state index contributed by atoms with van der Waals surface area (Å²) in [7, 11) is 1.71. The van der Waals surface area contributed by atoms with Crippen LogP contribution in [0.3, 0.4) is 0 Å². The molecule has 6 nitrogen and oxygen atoms in total. The van der Waals surface area contributed by atoms with Crippen LogP contribution in [0.5, 0.6) is 5.75 Å². The zero-order valence-electron chi connectivity index (χ0n) is 17.2. The Balaban J connectivity index is 1.76. The van der Waals surface area contributed by atoms with E-state index >= 15 is 0 Å². The summed E-state index contributed by atoms with van der Waals surface area (Å²) in [5.74, 6) is 1.54. The molecule has 2 aromatic carbocycles. The van der Waals surface area contributed by atoms with Crippen LogP contribution in [0.2, 0.25) is 0 Å². The molecule has 0 amide bonds. The minimum Gasteiger partial charge on any atom is -0.495 e. The Labute approximate surface area is 171 Å². The first kappa shape index (κ1) is 19.3. The van der Waals surface area contributed by atoms with E-state index < -0.39 is 0 Å². The number of benzene rings is 2. The molecular formula is C23H26N4O2. The van der Waals surface area contributed by atoms with E-state index in [1.165, 1.54) is 0 Å². The number of fused-ring (bicyclic) bond motifs is 1. The molecule has 0 spiro atoms. The van der Waals surface area contributed by atoms with Gasteiger partial charge in [0.25, 0.3) is 0 Å². The zero-order chi connectivity index (χ0) is 20.4. The molecule has 0 bridgehead atoms. The smallest absolute Gasteiger partial charge is 0.150 e. The fourth-order valence-electron chi connectivity index (χ4n) is 3.95. The second-order valence-electron chi connectivity index (χ2n) is 7.32. The fraction of sp³-hybridized carbons (Fsp3) is 0.348. The van der Waals surface area contributed by atoms with Gasteiger partial charge in [-0.1, -0.05) is 13.0 Å². The Bertz CT molecular complexity index is 1040. The first-order valence-corrected chi connectivity index (χ1v) is 10.0. The van der Waals surface area contributed by atoms with Gasteiger partial charge in [-0.3, -0.25) is 4.79 Å². The largest absolute Gasteiger partial charge is 0.495 e. The molecule has 1 saturated heterocycles. The number of ether oxygens (including phenoxy) is 1. The third-order valence-electron chi connectivity index (χ3n) is 5.58. The van der Waals surface area contributed by atoms with Crippen molar-refractivity contribution >= 4 is 22.9 Å². The highest BCUT2D eigenvalue weighted by molar-refractivity contribution is 5.96. The van der Waals surface area contributed by atoms with Crippen molar-refractivity contribution in [3.63, 3.8) is 0 Å². The number of rotatable bonds is 5. The van der Waals surface area contributed by atoms with Gasteiger partial charge in [-0.25, -0.2) is 9.97 Å². The van der Waals surface area contributed by atoms with Crippen molar-refractivity contribution in [2.45, 2.75) is 13.8 Å². The Hall–Kier alpha value is -2.99. The Morgan fingerprint density at radius 2 is 1.86 bits per heavy atom. The maximum absolute atomic E-state index is 11.3. The van der Waals surface area contributed by atoms with Crippen LogP contribution in [0.4, 0.5) is 5.69 Å². The molecule has 1 fully saturated rings. The summed E-state index contributed by atoms with van der Waals surface area (Å²) in [5, 5.41) is 0.867. The van der Waals surface area contributed by atoms with Crippen molar-refractivity contribution in [1.82, 2.24) is 14.9 Å². The minimum atomic E-state index is 0.614. The number of likely N-dealkylation sites (N-methyl/N-ethyl adjacent to an activating group) is 1. The summed E-state index contributed by atoms with van der Waals surface area (Å²) in [6, 6.07) is 11.7. The normalized spacial score (nSPS) is 14.9. The summed E-state index contributed by atoms with van der Waals surface area (Å²) in [4.78, 5) is 25.3. The maximum atomic E-state index is 11.3. The van der Waals surface area contributed by atoms with Crippen LogP contribution in [0.15, 0.2) is 36.4 Å². The van der Waals surface area contributed by atoms with Crippen LogP contribution in [0.1, 0.15) is 23.1 Å². The highest BCUT2D eigenvalue weighted by Crippen LogP contribution is 2.35. The van der Waals surface area contributed by atoms with E-state index in [1.54, 1.807) is 13.2 Å². The van der Waals surface area contributed by atoms with Gasteiger partial charge >= 0.3 is 0 Å². The van der Waals surface area contributed by atoms with Crippen molar-refractivity contribution in [3.05, 3.63) is 47.8 Å². The Morgan fingerprint density at radius 3 is 2.55 bits per heavy atom. The molecule has 0 N–H and O–H groups in total. The molecule has 1 aliphatic heterocycles. The van der Waals surface area contributed by atoms with Crippen LogP contribution < -0.4 is 9.64 Å². The average molecular weight is 390 g/mol. The van der Waals surface area contributed by atoms with Crippen LogP contribution in [-0.2, 0) is 0 Å². The third-order valence-corrected chi connectivity index (χ3v) is 5.58. The molecule has 2 heterocycles. The van der Waals surface area contributed by atoms with Crippen molar-refractivity contribution in [1.29, 1.82) is 0 Å². The highest BCUT2D eigenvalue weighted by atomic mass is 16.5. The minimum absolute atomic E-state index is 0.614. The first-order chi connectivity index (χ1) is 14.1. The monoisotopic (exact) mass is 390 g/mol. The molecule has 0 atom stereocenters. The van der Waals surface area contributed by atoms with Gasteiger partial charge in [0.05, 0.1) is 24.0 Å². The predicted octanol–water partition coefficient (Wildman–Crippen LogP) is 3.57. The van der Waals surface area contributed by atoms with Gasteiger partial charge in [0.1, 0.15) is 17.9 Å². The molecule has 1 aliphatic rings. The molecule has 0 unspecified atom stereocenters. The quantitative estimate of drug-likeness (QED) is 0.621. The predicted molar refractivity (Wildman–Crippen MR) is 116 cm³/mol. The van der Waals surface area contributed by atoms with Gasteiger partial charge < -0.3 is 14.5 Å². The lowest BCUT2D eigenvalue weighted by Gasteiger charge is -2.36. The van der Waals surface area contributed by atoms with Gasteiger partial charge in [0.15, 0.2) is 0 Å². The Morgan fingerprint density at radius 1 is 1.07 bits per heavy atom. The number of nitrogens with zero attached hydrogens (tertiary/aromatic N) is 4. The number of carbonyl (C=O) groups is 1. The number of aromatic nitrogens is 2. The van der Waals surface area contributed by atoms with E-state index in [1.807, 2.05) is 25.1 Å². The van der Waals surface area contributed by atoms with Crippen molar-refractivity contribution in [2.75, 3.05) is 44.7 Å². The zero-order valence-corrected chi connectivity index (χ0v) is 17.2. The molecule has 0 saturated carbocycles. The molecule has 0 radical (unpaired) electrons. The van der Waals surface area contributed by atoms with Crippen LogP contribution >= 0.6 is 0 Å². The van der Waals surface area contributed by atoms with E-state index in [-0.39, 0.29) is 0 Å². The SMILES string of the molecule is CCN1CCN(c2ccc(-c3nc(C)nc4ccc(C=O)cc34)cc2OC)CC1. The second-order valence-corrected chi connectivity index (χ2v) is 7.32. The lowest BCUT2D eigenvalue weighted by atomic mass is 10.0. The van der Waals surface area contributed by atoms with E-state index in [0.29, 0.717) is 11.4 Å². The highest BCUT2D eigenvalue weighted by Gasteiger charge is 2.20. The summed E-state index contributed by atoms with van der Waals surface area (Å²) >= 11 is 0. The number of piperazine rings is 1. The topological polar surface area (TPSA) is 58.6 Å².